The number of carboxylic acid groups (broad SMARTS) is 1. The monoisotopic (exact) mass is 272 g/mol. The van der Waals surface area contributed by atoms with Crippen LogP contribution in [-0.2, 0) is 9.53 Å². The van der Waals surface area contributed by atoms with Crippen LogP contribution in [0.1, 0.15) is 33.1 Å². The minimum atomic E-state index is -0.911. The van der Waals surface area contributed by atoms with Gasteiger partial charge in [0.25, 0.3) is 0 Å². The summed E-state index contributed by atoms with van der Waals surface area (Å²) < 4.78 is 5.26. The molecule has 1 fully saturated rings. The number of nitrogens with zero attached hydrogens (tertiary/aromatic N) is 1. The Hall–Kier alpha value is -1.30. The predicted octanol–water partition coefficient (Wildman–Crippen LogP) is 1.31. The molecule has 2 unspecified atom stereocenters. The van der Waals surface area contributed by atoms with E-state index in [1.807, 2.05) is 6.92 Å². The van der Waals surface area contributed by atoms with Gasteiger partial charge in [0, 0.05) is 26.7 Å². The van der Waals surface area contributed by atoms with Crippen LogP contribution in [0.15, 0.2) is 0 Å². The zero-order valence-electron chi connectivity index (χ0n) is 11.9. The van der Waals surface area contributed by atoms with Gasteiger partial charge in [0.1, 0.15) is 0 Å². The van der Waals surface area contributed by atoms with Crippen molar-refractivity contribution in [1.29, 1.82) is 0 Å². The van der Waals surface area contributed by atoms with E-state index in [0.29, 0.717) is 19.5 Å². The molecule has 2 atom stereocenters. The lowest BCUT2D eigenvalue weighted by Gasteiger charge is -2.33. The van der Waals surface area contributed by atoms with Crippen LogP contribution in [0.2, 0.25) is 0 Å². The van der Waals surface area contributed by atoms with Crippen LogP contribution < -0.4 is 5.32 Å². The first kappa shape index (κ1) is 15.8. The van der Waals surface area contributed by atoms with E-state index in [4.69, 9.17) is 9.84 Å². The summed E-state index contributed by atoms with van der Waals surface area (Å²) in [5.74, 6) is -0.885. The molecule has 2 amide bonds. The third-order valence-electron chi connectivity index (χ3n) is 3.93. The molecular weight excluding hydrogens is 248 g/mol. The number of hydrogen-bond donors (Lipinski definition) is 2. The number of nitrogens with one attached hydrogen (secondary N) is 1. The van der Waals surface area contributed by atoms with E-state index in [-0.39, 0.29) is 18.7 Å². The summed E-state index contributed by atoms with van der Waals surface area (Å²) in [7, 11) is 1.64. The van der Waals surface area contributed by atoms with Gasteiger partial charge in [-0.25, -0.2) is 4.79 Å². The molecule has 0 aliphatic carbocycles. The number of carbonyl (C=O) groups excluding carboxylic acids is 1. The average molecular weight is 272 g/mol. The maximum Gasteiger partial charge on any atom is 0.317 e. The first-order chi connectivity index (χ1) is 8.92. The summed E-state index contributed by atoms with van der Waals surface area (Å²) in [5, 5.41) is 11.9. The number of urea groups is 1. The van der Waals surface area contributed by atoms with Crippen LogP contribution in [0.5, 0.6) is 0 Å². The fourth-order valence-electron chi connectivity index (χ4n) is 2.05. The number of amides is 2. The van der Waals surface area contributed by atoms with E-state index in [2.05, 4.69) is 5.32 Å². The zero-order chi connectivity index (χ0) is 14.5. The molecule has 6 heteroatoms. The Labute approximate surface area is 114 Å². The fraction of sp³-hybridized carbons (Fsp3) is 0.846. The molecule has 0 aromatic carbocycles. The molecule has 0 bridgehead atoms. The van der Waals surface area contributed by atoms with Crippen LogP contribution in [-0.4, -0.2) is 54.9 Å². The quantitative estimate of drug-likeness (QED) is 0.791. The Morgan fingerprint density at radius 1 is 1.53 bits per heavy atom. The standard InChI is InChI=1S/C13H24N2O4/c1-4-13(2,11(16)17)9-14-12(18)15-7-5-6-10(8-15)19-3/h10H,4-9H2,1-3H3,(H,14,18)(H,16,17). The van der Waals surface area contributed by atoms with Crippen LogP contribution in [0.3, 0.4) is 0 Å². The van der Waals surface area contributed by atoms with Crippen molar-refractivity contribution < 1.29 is 19.4 Å². The smallest absolute Gasteiger partial charge is 0.317 e. The molecule has 0 aromatic heterocycles. The number of piperidine rings is 1. The first-order valence-corrected chi connectivity index (χ1v) is 6.72. The summed E-state index contributed by atoms with van der Waals surface area (Å²) >= 11 is 0. The molecule has 0 radical (unpaired) electrons. The molecule has 1 rings (SSSR count). The molecule has 2 N–H and O–H groups in total. The first-order valence-electron chi connectivity index (χ1n) is 6.72. The number of hydrogen-bond acceptors (Lipinski definition) is 3. The molecule has 0 spiro atoms. The van der Waals surface area contributed by atoms with Crippen molar-refractivity contribution in [3.05, 3.63) is 0 Å². The molecule has 1 saturated heterocycles. The SMILES string of the molecule is CCC(C)(CNC(=O)N1CCCC(OC)C1)C(=O)O. The van der Waals surface area contributed by atoms with E-state index in [0.717, 1.165) is 12.8 Å². The van der Waals surface area contributed by atoms with Gasteiger partial charge < -0.3 is 20.1 Å². The number of likely N-dealkylation sites (tertiary alicyclic amines) is 1. The molecule has 110 valence electrons. The van der Waals surface area contributed by atoms with E-state index in [1.165, 1.54) is 0 Å². The molecule has 6 nitrogen and oxygen atoms in total. The normalized spacial score (nSPS) is 22.7. The number of ether oxygens (including phenoxy) is 1. The lowest BCUT2D eigenvalue weighted by atomic mass is 9.88. The largest absolute Gasteiger partial charge is 0.481 e. The number of methoxy groups -OCH3 is 1. The highest BCUT2D eigenvalue weighted by molar-refractivity contribution is 5.78. The van der Waals surface area contributed by atoms with Crippen molar-refractivity contribution in [2.75, 3.05) is 26.7 Å². The number of rotatable bonds is 5. The predicted molar refractivity (Wildman–Crippen MR) is 71.0 cm³/mol. The van der Waals surface area contributed by atoms with Crippen molar-refractivity contribution in [2.45, 2.75) is 39.2 Å². The van der Waals surface area contributed by atoms with Gasteiger partial charge in [0.2, 0.25) is 0 Å². The third kappa shape index (κ3) is 4.09. The maximum atomic E-state index is 12.0. The second kappa shape index (κ2) is 6.75. The summed E-state index contributed by atoms with van der Waals surface area (Å²) in [4.78, 5) is 24.9. The summed E-state index contributed by atoms with van der Waals surface area (Å²) in [6.45, 7) is 4.86. The summed E-state index contributed by atoms with van der Waals surface area (Å²) in [6.07, 6.45) is 2.43. The van der Waals surface area contributed by atoms with Crippen molar-refractivity contribution in [2.24, 2.45) is 5.41 Å². The van der Waals surface area contributed by atoms with Gasteiger partial charge in [-0.05, 0) is 26.2 Å². The van der Waals surface area contributed by atoms with Gasteiger partial charge in [-0.1, -0.05) is 6.92 Å². The van der Waals surface area contributed by atoms with Crippen LogP contribution in [0.4, 0.5) is 4.79 Å². The van der Waals surface area contributed by atoms with E-state index in [1.54, 1.807) is 18.9 Å². The number of aliphatic carboxylic acids is 1. The second-order valence-electron chi connectivity index (χ2n) is 5.32. The van der Waals surface area contributed by atoms with Crippen molar-refractivity contribution in [3.63, 3.8) is 0 Å². The van der Waals surface area contributed by atoms with Gasteiger partial charge in [-0.3, -0.25) is 4.79 Å². The van der Waals surface area contributed by atoms with Gasteiger partial charge in [-0.15, -0.1) is 0 Å². The highest BCUT2D eigenvalue weighted by Gasteiger charge is 2.32. The topological polar surface area (TPSA) is 78.9 Å². The average Bonchev–Trinajstić information content (AvgIpc) is 2.44. The Bertz CT molecular complexity index is 335. The minimum Gasteiger partial charge on any atom is -0.481 e. The Morgan fingerprint density at radius 2 is 2.21 bits per heavy atom. The third-order valence-corrected chi connectivity index (χ3v) is 3.93. The molecule has 1 aliphatic heterocycles. The number of carbonyl (C=O) groups is 2. The van der Waals surface area contributed by atoms with E-state index < -0.39 is 11.4 Å². The van der Waals surface area contributed by atoms with Crippen LogP contribution >= 0.6 is 0 Å². The lowest BCUT2D eigenvalue weighted by molar-refractivity contribution is -0.147. The summed E-state index contributed by atoms with van der Waals surface area (Å²) in [6, 6.07) is -0.206. The molecule has 1 heterocycles. The zero-order valence-corrected chi connectivity index (χ0v) is 11.9. The van der Waals surface area contributed by atoms with E-state index in [9.17, 15) is 9.59 Å². The van der Waals surface area contributed by atoms with Crippen molar-refractivity contribution in [3.8, 4) is 0 Å². The molecule has 1 aliphatic rings. The van der Waals surface area contributed by atoms with Crippen molar-refractivity contribution in [1.82, 2.24) is 10.2 Å². The van der Waals surface area contributed by atoms with E-state index >= 15 is 0 Å². The van der Waals surface area contributed by atoms with Gasteiger partial charge in [-0.2, -0.15) is 0 Å². The van der Waals surface area contributed by atoms with Crippen molar-refractivity contribution >= 4 is 12.0 Å². The van der Waals surface area contributed by atoms with Gasteiger partial charge in [0.15, 0.2) is 0 Å². The number of carboxylic acids is 1. The molecule has 0 saturated carbocycles. The summed E-state index contributed by atoms with van der Waals surface area (Å²) in [5.41, 5.74) is -0.911. The molecule has 0 aromatic rings. The van der Waals surface area contributed by atoms with Gasteiger partial charge >= 0.3 is 12.0 Å². The Kier molecular flexibility index (Phi) is 5.60. The highest BCUT2D eigenvalue weighted by atomic mass is 16.5. The Balaban J connectivity index is 2.48. The highest BCUT2D eigenvalue weighted by Crippen LogP contribution is 2.20. The minimum absolute atomic E-state index is 0.0801. The van der Waals surface area contributed by atoms with Crippen LogP contribution in [0.25, 0.3) is 0 Å². The van der Waals surface area contributed by atoms with Crippen LogP contribution in [0, 0.1) is 5.41 Å². The lowest BCUT2D eigenvalue weighted by Crippen LogP contribution is -2.50. The molecular formula is C13H24N2O4. The second-order valence-corrected chi connectivity index (χ2v) is 5.32. The maximum absolute atomic E-state index is 12.0. The molecule has 19 heavy (non-hydrogen) atoms. The fourth-order valence-corrected chi connectivity index (χ4v) is 2.05. The Morgan fingerprint density at radius 3 is 2.74 bits per heavy atom. The van der Waals surface area contributed by atoms with Gasteiger partial charge in [0.05, 0.1) is 11.5 Å².